The molecule has 0 unspecified atom stereocenters. The summed E-state index contributed by atoms with van der Waals surface area (Å²) in [6.45, 7) is 7.38. The van der Waals surface area contributed by atoms with Crippen LogP contribution in [0.1, 0.15) is 65.3 Å². The van der Waals surface area contributed by atoms with Gasteiger partial charge in [0.15, 0.2) is 5.82 Å². The van der Waals surface area contributed by atoms with Crippen molar-refractivity contribution in [3.05, 3.63) is 88.4 Å². The Kier molecular flexibility index (Phi) is 7.38. The molecule has 36 heavy (non-hydrogen) atoms. The van der Waals surface area contributed by atoms with E-state index >= 15 is 0 Å². The van der Waals surface area contributed by atoms with Crippen molar-refractivity contribution in [1.29, 1.82) is 0 Å². The lowest BCUT2D eigenvalue weighted by Crippen LogP contribution is -2.07. The summed E-state index contributed by atoms with van der Waals surface area (Å²) in [6.07, 6.45) is 10.2. The minimum absolute atomic E-state index is 0.00171. The van der Waals surface area contributed by atoms with Gasteiger partial charge in [-0.3, -0.25) is 4.68 Å². The van der Waals surface area contributed by atoms with Crippen molar-refractivity contribution in [3.8, 4) is 5.69 Å². The molecule has 1 aliphatic carbocycles. The molecule has 2 heterocycles. The van der Waals surface area contributed by atoms with E-state index in [0.29, 0.717) is 22.6 Å². The summed E-state index contributed by atoms with van der Waals surface area (Å²) in [4.78, 5) is 11.2. The van der Waals surface area contributed by atoms with Gasteiger partial charge in [-0.15, -0.1) is 0 Å². The van der Waals surface area contributed by atoms with Gasteiger partial charge in [-0.05, 0) is 57.7 Å². The first-order valence-corrected chi connectivity index (χ1v) is 12.2. The predicted molar refractivity (Wildman–Crippen MR) is 139 cm³/mol. The molecular formula is C29H31F2N3O2. The quantitative estimate of drug-likeness (QED) is 0.282. The zero-order chi connectivity index (χ0) is 26.0. The number of rotatable bonds is 5. The topological polar surface area (TPSA) is 49.0 Å². The maximum Gasteiger partial charge on any atom is 0.341 e. The molecule has 0 bridgehead atoms. The molecule has 0 radical (unpaired) electrons. The number of fused-ring (bicyclic) bond motifs is 1. The van der Waals surface area contributed by atoms with E-state index < -0.39 is 11.8 Å². The minimum Gasteiger partial charge on any atom is -0.462 e. The number of aryl methyl sites for hydroxylation is 3. The van der Waals surface area contributed by atoms with Gasteiger partial charge in [-0.2, -0.15) is 5.10 Å². The molecule has 5 rings (SSSR count). The highest BCUT2D eigenvalue weighted by Crippen LogP contribution is 2.47. The summed E-state index contributed by atoms with van der Waals surface area (Å²) in [6, 6.07) is 8.57. The molecular weight excluding hydrogens is 460 g/mol. The Balaban J connectivity index is 0.000000200. The molecule has 0 atom stereocenters. The van der Waals surface area contributed by atoms with Crippen LogP contribution in [0.5, 0.6) is 0 Å². The maximum atomic E-state index is 15.0. The van der Waals surface area contributed by atoms with E-state index in [1.165, 1.54) is 24.6 Å². The van der Waals surface area contributed by atoms with Crippen LogP contribution in [0.15, 0.2) is 48.8 Å². The molecule has 188 valence electrons. The van der Waals surface area contributed by atoms with Gasteiger partial charge in [-0.25, -0.2) is 13.6 Å². The van der Waals surface area contributed by atoms with Gasteiger partial charge in [0.1, 0.15) is 5.82 Å². The molecule has 0 saturated heterocycles. The van der Waals surface area contributed by atoms with Crippen LogP contribution in [-0.2, 0) is 11.8 Å². The number of esters is 1. The molecule has 0 aliphatic heterocycles. The zero-order valence-corrected chi connectivity index (χ0v) is 21.3. The monoisotopic (exact) mass is 491 g/mol. The van der Waals surface area contributed by atoms with Gasteiger partial charge in [0.25, 0.3) is 0 Å². The molecule has 1 aliphatic rings. The third kappa shape index (κ3) is 4.83. The highest BCUT2D eigenvalue weighted by atomic mass is 19.1. The Morgan fingerprint density at radius 1 is 1.14 bits per heavy atom. The Bertz CT molecular complexity index is 1440. The molecule has 7 heteroatoms. The fourth-order valence-electron chi connectivity index (χ4n) is 4.39. The number of allylic oxidation sites excluding steroid dienone is 1. The van der Waals surface area contributed by atoms with Gasteiger partial charge in [0.2, 0.25) is 0 Å². The average Bonchev–Trinajstić information content (AvgIpc) is 3.52. The van der Waals surface area contributed by atoms with E-state index in [4.69, 9.17) is 0 Å². The lowest BCUT2D eigenvalue weighted by atomic mass is 10.1. The van der Waals surface area contributed by atoms with Crippen molar-refractivity contribution in [3.63, 3.8) is 0 Å². The fraction of sp³-hybridized carbons (Fsp3) is 0.310. The average molecular weight is 492 g/mol. The lowest BCUT2D eigenvalue weighted by Gasteiger charge is -2.09. The largest absolute Gasteiger partial charge is 0.462 e. The summed E-state index contributed by atoms with van der Waals surface area (Å²) >= 11 is 0. The highest BCUT2D eigenvalue weighted by molar-refractivity contribution is 5.94. The second-order valence-electron chi connectivity index (χ2n) is 9.03. The number of hydrogen-bond acceptors (Lipinski definition) is 3. The standard InChI is InChI=1S/C19H20FN3.C10H11FO2/c1-4-5-15-16-9-6-12(2)17(20)19(16)23(18(15)13-7-8-13)14-10-21-22(3)11-14;1-3-13-10(12)8-6-4-5-7(2)9(8)11/h4-6,9-11,13H,7-8H2,1-3H3;4-6H,3H2,1-2H3/b5-4+;. The number of nitrogens with zero attached hydrogens (tertiary/aromatic N) is 3. The number of halogens is 2. The number of carbonyl (C=O) groups excluding carboxylic acids is 1. The summed E-state index contributed by atoms with van der Waals surface area (Å²) in [5.41, 5.74) is 5.10. The number of ether oxygens (including phenoxy) is 1. The fourth-order valence-corrected chi connectivity index (χ4v) is 4.39. The molecule has 2 aromatic heterocycles. The summed E-state index contributed by atoms with van der Waals surface area (Å²) < 4.78 is 36.8. The van der Waals surface area contributed by atoms with Crippen molar-refractivity contribution in [1.82, 2.24) is 14.3 Å². The van der Waals surface area contributed by atoms with Gasteiger partial charge in [0.05, 0.1) is 29.6 Å². The first kappa shape index (κ1) is 25.4. The molecule has 5 nitrogen and oxygen atoms in total. The van der Waals surface area contributed by atoms with Gasteiger partial charge in [0, 0.05) is 35.8 Å². The Morgan fingerprint density at radius 3 is 2.47 bits per heavy atom. The molecule has 1 saturated carbocycles. The Labute approximate surface area is 210 Å². The normalized spacial score (nSPS) is 13.2. The van der Waals surface area contributed by atoms with Crippen molar-refractivity contribution < 1.29 is 18.3 Å². The SMILES string of the molecule is C/C=C/c1c(C2CC2)n(-c2cnn(C)c2)c2c(F)c(C)ccc12.CCOC(=O)c1cccc(C)c1F. The number of hydrogen-bond donors (Lipinski definition) is 0. The van der Waals surface area contributed by atoms with Gasteiger partial charge < -0.3 is 9.30 Å². The smallest absolute Gasteiger partial charge is 0.341 e. The van der Waals surface area contributed by atoms with Crippen LogP contribution in [0, 0.1) is 25.5 Å². The molecule has 0 spiro atoms. The second-order valence-corrected chi connectivity index (χ2v) is 9.03. The number of aromatic nitrogens is 3. The Hall–Kier alpha value is -3.74. The van der Waals surface area contributed by atoms with Gasteiger partial charge >= 0.3 is 5.97 Å². The highest BCUT2D eigenvalue weighted by Gasteiger charge is 2.32. The maximum absolute atomic E-state index is 15.0. The van der Waals surface area contributed by atoms with E-state index in [-0.39, 0.29) is 18.0 Å². The number of carbonyl (C=O) groups is 1. The van der Waals surface area contributed by atoms with E-state index in [9.17, 15) is 13.6 Å². The van der Waals surface area contributed by atoms with Crippen LogP contribution in [-0.4, -0.2) is 26.9 Å². The zero-order valence-electron chi connectivity index (χ0n) is 21.3. The summed E-state index contributed by atoms with van der Waals surface area (Å²) in [5, 5.41) is 5.27. The van der Waals surface area contributed by atoms with Crippen LogP contribution in [0.25, 0.3) is 22.7 Å². The van der Waals surface area contributed by atoms with Crippen molar-refractivity contribution in [2.24, 2.45) is 7.05 Å². The first-order valence-electron chi connectivity index (χ1n) is 12.2. The van der Waals surface area contributed by atoms with E-state index in [1.807, 2.05) is 51.5 Å². The number of benzene rings is 2. The van der Waals surface area contributed by atoms with Crippen LogP contribution in [0.3, 0.4) is 0 Å². The van der Waals surface area contributed by atoms with Gasteiger partial charge in [-0.1, -0.05) is 36.4 Å². The lowest BCUT2D eigenvalue weighted by molar-refractivity contribution is 0.0521. The van der Waals surface area contributed by atoms with Crippen molar-refractivity contribution in [2.75, 3.05) is 6.61 Å². The molecule has 1 fully saturated rings. The molecule has 0 N–H and O–H groups in total. The predicted octanol–water partition coefficient (Wildman–Crippen LogP) is 7.03. The van der Waals surface area contributed by atoms with Crippen molar-refractivity contribution >= 4 is 22.9 Å². The third-order valence-corrected chi connectivity index (χ3v) is 6.27. The summed E-state index contributed by atoms with van der Waals surface area (Å²) in [5.74, 6) is -0.734. The second kappa shape index (κ2) is 10.5. The third-order valence-electron chi connectivity index (χ3n) is 6.27. The van der Waals surface area contributed by atoms with Crippen molar-refractivity contribution in [2.45, 2.75) is 46.5 Å². The van der Waals surface area contributed by atoms with E-state index in [1.54, 1.807) is 30.7 Å². The minimum atomic E-state index is -0.608. The van der Waals surface area contributed by atoms with Crippen LogP contribution in [0.4, 0.5) is 8.78 Å². The molecule has 2 aromatic carbocycles. The summed E-state index contributed by atoms with van der Waals surface area (Å²) in [7, 11) is 1.89. The molecule has 4 aromatic rings. The van der Waals surface area contributed by atoms with Crippen LogP contribution < -0.4 is 0 Å². The first-order chi connectivity index (χ1) is 17.3. The Morgan fingerprint density at radius 2 is 1.86 bits per heavy atom. The van der Waals surface area contributed by atoms with Crippen LogP contribution in [0.2, 0.25) is 0 Å². The van der Waals surface area contributed by atoms with Crippen LogP contribution >= 0.6 is 0 Å². The molecule has 0 amide bonds. The van der Waals surface area contributed by atoms with E-state index in [0.717, 1.165) is 16.6 Å². The van der Waals surface area contributed by atoms with E-state index in [2.05, 4.69) is 20.5 Å².